The molecule has 0 aromatic carbocycles. The van der Waals surface area contributed by atoms with Crippen LogP contribution in [0.15, 0.2) is 23.0 Å². The molecule has 1 aromatic heterocycles. The maximum atomic E-state index is 11.9. The fourth-order valence-electron chi connectivity index (χ4n) is 3.09. The zero-order chi connectivity index (χ0) is 11.7. The molecule has 2 heterocycles. The number of hydrogen-bond acceptors (Lipinski definition) is 3. The van der Waals surface area contributed by atoms with Gasteiger partial charge in [0, 0.05) is 6.04 Å². The molecule has 4 heteroatoms. The number of amides is 1. The number of nitrogens with one attached hydrogen (secondary N) is 2. The Bertz CT molecular complexity index is 388. The highest BCUT2D eigenvalue weighted by atomic mass is 16.3. The molecule has 17 heavy (non-hydrogen) atoms. The van der Waals surface area contributed by atoms with Crippen LogP contribution in [-0.2, 0) is 0 Å². The van der Waals surface area contributed by atoms with Gasteiger partial charge in [-0.25, -0.2) is 0 Å². The highest BCUT2D eigenvalue weighted by Crippen LogP contribution is 2.32. The molecule has 4 nitrogen and oxygen atoms in total. The predicted molar refractivity (Wildman–Crippen MR) is 63.7 cm³/mol. The van der Waals surface area contributed by atoms with E-state index < -0.39 is 0 Å². The lowest BCUT2D eigenvalue weighted by Crippen LogP contribution is -2.40. The van der Waals surface area contributed by atoms with Crippen LogP contribution in [0.5, 0.6) is 0 Å². The van der Waals surface area contributed by atoms with Crippen molar-refractivity contribution in [3.05, 3.63) is 24.2 Å². The molecule has 2 N–H and O–H groups in total. The first kappa shape index (κ1) is 10.8. The Morgan fingerprint density at radius 2 is 2.24 bits per heavy atom. The van der Waals surface area contributed by atoms with Crippen molar-refractivity contribution in [2.75, 3.05) is 13.1 Å². The largest absolute Gasteiger partial charge is 0.472 e. The maximum absolute atomic E-state index is 11.9. The number of fused-ring (bicyclic) bond motifs is 1. The van der Waals surface area contributed by atoms with E-state index in [0.29, 0.717) is 11.6 Å². The highest BCUT2D eigenvalue weighted by molar-refractivity contribution is 5.93. The Labute approximate surface area is 101 Å². The van der Waals surface area contributed by atoms with Gasteiger partial charge in [0.2, 0.25) is 0 Å². The quantitative estimate of drug-likeness (QED) is 0.813. The van der Waals surface area contributed by atoms with Gasteiger partial charge in [0.05, 0.1) is 11.8 Å². The molecular weight excluding hydrogens is 216 g/mol. The summed E-state index contributed by atoms with van der Waals surface area (Å²) in [6.45, 7) is 2.27. The minimum Gasteiger partial charge on any atom is -0.472 e. The van der Waals surface area contributed by atoms with Crippen molar-refractivity contribution in [2.45, 2.75) is 25.3 Å². The van der Waals surface area contributed by atoms with E-state index in [1.807, 2.05) is 0 Å². The van der Waals surface area contributed by atoms with Crippen molar-refractivity contribution in [1.82, 2.24) is 10.6 Å². The highest BCUT2D eigenvalue weighted by Gasteiger charge is 2.34. The van der Waals surface area contributed by atoms with Crippen molar-refractivity contribution in [3.8, 4) is 0 Å². The molecule has 3 atom stereocenters. The summed E-state index contributed by atoms with van der Waals surface area (Å²) in [6, 6.07) is 2.04. The second kappa shape index (κ2) is 4.53. The first-order valence-corrected chi connectivity index (χ1v) is 6.36. The third-order valence-corrected chi connectivity index (χ3v) is 4.07. The fourth-order valence-corrected chi connectivity index (χ4v) is 3.09. The monoisotopic (exact) mass is 234 g/mol. The van der Waals surface area contributed by atoms with Crippen molar-refractivity contribution in [2.24, 2.45) is 11.8 Å². The molecule has 1 aliphatic heterocycles. The molecule has 1 unspecified atom stereocenters. The van der Waals surface area contributed by atoms with Crippen LogP contribution in [0.2, 0.25) is 0 Å². The topological polar surface area (TPSA) is 54.3 Å². The second-order valence-corrected chi connectivity index (χ2v) is 5.17. The number of furan rings is 1. The van der Waals surface area contributed by atoms with Crippen LogP contribution in [0.3, 0.4) is 0 Å². The fraction of sp³-hybridized carbons (Fsp3) is 0.615. The summed E-state index contributed by atoms with van der Waals surface area (Å²) in [4.78, 5) is 11.9. The Balaban J connectivity index is 1.57. The summed E-state index contributed by atoms with van der Waals surface area (Å²) >= 11 is 0. The molecule has 2 fully saturated rings. The van der Waals surface area contributed by atoms with Crippen LogP contribution in [-0.4, -0.2) is 25.0 Å². The van der Waals surface area contributed by atoms with Gasteiger partial charge in [0.1, 0.15) is 6.26 Å². The standard InChI is InChI=1S/C13H18N2O2/c16-13(10-3-4-17-8-10)15-12-2-1-9-6-14-7-11(9)5-12/h3-4,8-9,11-12,14H,1-2,5-7H2,(H,15,16)/t9-,11+,12?/m0/s1. The lowest BCUT2D eigenvalue weighted by Gasteiger charge is -2.31. The van der Waals surface area contributed by atoms with Gasteiger partial charge in [-0.05, 0) is 50.3 Å². The van der Waals surface area contributed by atoms with E-state index in [4.69, 9.17) is 4.42 Å². The molecule has 1 saturated heterocycles. The van der Waals surface area contributed by atoms with Crippen LogP contribution in [0, 0.1) is 11.8 Å². The van der Waals surface area contributed by atoms with Crippen molar-refractivity contribution in [1.29, 1.82) is 0 Å². The van der Waals surface area contributed by atoms with E-state index in [0.717, 1.165) is 37.8 Å². The lowest BCUT2D eigenvalue weighted by molar-refractivity contribution is 0.0913. The van der Waals surface area contributed by atoms with E-state index in [9.17, 15) is 4.79 Å². The molecule has 92 valence electrons. The van der Waals surface area contributed by atoms with Crippen LogP contribution in [0.1, 0.15) is 29.6 Å². The van der Waals surface area contributed by atoms with Gasteiger partial charge < -0.3 is 15.1 Å². The Kier molecular flexibility index (Phi) is 2.89. The smallest absolute Gasteiger partial charge is 0.254 e. The molecule has 0 radical (unpaired) electrons. The van der Waals surface area contributed by atoms with E-state index in [-0.39, 0.29) is 5.91 Å². The Hall–Kier alpha value is -1.29. The van der Waals surface area contributed by atoms with E-state index >= 15 is 0 Å². The molecule has 0 spiro atoms. The Morgan fingerprint density at radius 1 is 1.35 bits per heavy atom. The summed E-state index contributed by atoms with van der Waals surface area (Å²) in [5.41, 5.74) is 0.622. The number of rotatable bonds is 2. The number of hydrogen-bond donors (Lipinski definition) is 2. The van der Waals surface area contributed by atoms with Crippen molar-refractivity contribution >= 4 is 5.91 Å². The molecule has 1 amide bonds. The molecule has 1 aromatic rings. The van der Waals surface area contributed by atoms with Gasteiger partial charge in [-0.3, -0.25) is 4.79 Å². The molecular formula is C13H18N2O2. The maximum Gasteiger partial charge on any atom is 0.254 e. The van der Waals surface area contributed by atoms with E-state index in [2.05, 4.69) is 10.6 Å². The molecule has 2 aliphatic rings. The zero-order valence-corrected chi connectivity index (χ0v) is 9.82. The first-order valence-electron chi connectivity index (χ1n) is 6.36. The predicted octanol–water partition coefficient (Wildman–Crippen LogP) is 1.40. The minimum atomic E-state index is -0.00634. The van der Waals surface area contributed by atoms with Crippen molar-refractivity contribution < 1.29 is 9.21 Å². The Morgan fingerprint density at radius 3 is 3.06 bits per heavy atom. The summed E-state index contributed by atoms with van der Waals surface area (Å²) in [7, 11) is 0. The number of carbonyl (C=O) groups is 1. The molecule has 1 saturated carbocycles. The number of carbonyl (C=O) groups excluding carboxylic acids is 1. The third kappa shape index (κ3) is 2.22. The van der Waals surface area contributed by atoms with Gasteiger partial charge in [0.15, 0.2) is 0 Å². The summed E-state index contributed by atoms with van der Waals surface area (Å²) in [5.74, 6) is 1.57. The average Bonchev–Trinajstić information content (AvgIpc) is 2.99. The summed E-state index contributed by atoms with van der Waals surface area (Å²) < 4.78 is 4.92. The SMILES string of the molecule is O=C(NC1CC[C@H]2CNC[C@H]2C1)c1ccoc1. The van der Waals surface area contributed by atoms with Gasteiger partial charge in [-0.1, -0.05) is 0 Å². The minimum absolute atomic E-state index is 0.00634. The van der Waals surface area contributed by atoms with Crippen LogP contribution in [0.25, 0.3) is 0 Å². The third-order valence-electron chi connectivity index (χ3n) is 4.07. The lowest BCUT2D eigenvalue weighted by atomic mass is 9.79. The molecule has 0 bridgehead atoms. The zero-order valence-electron chi connectivity index (χ0n) is 9.82. The van der Waals surface area contributed by atoms with Crippen LogP contribution < -0.4 is 10.6 Å². The van der Waals surface area contributed by atoms with Crippen LogP contribution in [0.4, 0.5) is 0 Å². The van der Waals surface area contributed by atoms with Crippen molar-refractivity contribution in [3.63, 3.8) is 0 Å². The van der Waals surface area contributed by atoms with E-state index in [1.54, 1.807) is 6.07 Å². The second-order valence-electron chi connectivity index (χ2n) is 5.17. The summed E-state index contributed by atoms with van der Waals surface area (Å²) in [5, 5.41) is 6.55. The van der Waals surface area contributed by atoms with Crippen LogP contribution >= 0.6 is 0 Å². The normalized spacial score (nSPS) is 32.1. The molecule has 1 aliphatic carbocycles. The first-order chi connectivity index (χ1) is 8.33. The average molecular weight is 234 g/mol. The summed E-state index contributed by atoms with van der Waals surface area (Å²) in [6.07, 6.45) is 6.48. The van der Waals surface area contributed by atoms with E-state index in [1.165, 1.54) is 18.9 Å². The molecule has 3 rings (SSSR count). The van der Waals surface area contributed by atoms with Gasteiger partial charge >= 0.3 is 0 Å². The van der Waals surface area contributed by atoms with Gasteiger partial charge in [0.25, 0.3) is 5.91 Å². The van der Waals surface area contributed by atoms with Gasteiger partial charge in [-0.2, -0.15) is 0 Å². The van der Waals surface area contributed by atoms with Gasteiger partial charge in [-0.15, -0.1) is 0 Å².